The van der Waals surface area contributed by atoms with Gasteiger partial charge in [-0.05, 0) is 49.3 Å². The van der Waals surface area contributed by atoms with Gasteiger partial charge in [-0.3, -0.25) is 65.2 Å². The summed E-state index contributed by atoms with van der Waals surface area (Å²) in [6.45, 7) is 0. The Morgan fingerprint density at radius 1 is 0.239 bits per heavy atom. The van der Waals surface area contributed by atoms with Crippen molar-refractivity contribution in [2.45, 2.75) is 23.0 Å². The van der Waals surface area contributed by atoms with Gasteiger partial charge in [-0.25, -0.2) is 0 Å². The van der Waals surface area contributed by atoms with Crippen molar-refractivity contribution in [2.24, 2.45) is 0 Å². The van der Waals surface area contributed by atoms with Gasteiger partial charge >= 0.3 is 325 Å². The van der Waals surface area contributed by atoms with Crippen LogP contribution in [-0.4, -0.2) is 79.2 Å². The maximum Gasteiger partial charge on any atom is 3.00 e. The Hall–Kier alpha value is 7.76. The van der Waals surface area contributed by atoms with E-state index in [1.807, 2.05) is 131 Å². The molecular formula is C40H46Dy6F24N4O36P12S16. The predicted molar refractivity (Wildman–Crippen MR) is 434 cm³/mol. The molecule has 8 rings (SSSR count). The van der Waals surface area contributed by atoms with Crippen molar-refractivity contribution in [3.8, 4) is 0 Å². The molecule has 0 amide bonds. The zero-order valence-electron chi connectivity index (χ0n) is 63.8. The number of thioether (sulfide) groups is 16. The van der Waals surface area contributed by atoms with Gasteiger partial charge in [-0.15, -0.1) is 94.1 Å². The molecule has 0 atom stereocenters. The number of halogens is 24. The first kappa shape index (κ1) is 193. The summed E-state index contributed by atoms with van der Waals surface area (Å²) in [6, 6.07) is 22.4. The molecule has 10 N–H and O–H groups in total. The van der Waals surface area contributed by atoms with Gasteiger partial charge in [0.1, 0.15) is 0 Å². The molecule has 0 aliphatic carbocycles. The molecule has 0 saturated heterocycles. The maximum atomic E-state index is 12.1. The van der Waals surface area contributed by atoms with Crippen LogP contribution in [0, 0.1) is 239 Å². The van der Waals surface area contributed by atoms with Crippen LogP contribution in [0.2, 0.25) is 0 Å². The number of hydrogen-bond acceptors (Lipinski definition) is 52. The summed E-state index contributed by atoms with van der Waals surface area (Å²) in [5.41, 5.74) is 3.19. The van der Waals surface area contributed by atoms with E-state index in [1.165, 1.54) is 60.3 Å². The summed E-state index contributed by atoms with van der Waals surface area (Å²) < 4.78 is 360. The molecule has 6 radical (unpaired) electrons. The minimum atomic E-state index is -5.89. The first-order chi connectivity index (χ1) is 55.2. The molecule has 4 aliphatic rings. The standard InChI is InChI=1S/2C20H19N2O2S8.6Dy.12F2HO2P.8H2O/c2*1-25-15-16(26-2)30-19(29-15)20-31-17(27-11-13-7-3-5-9-21(13)23)18(32-20)28-12-14-8-4-6-10-22(14)24;;;;;;;12*1-5(2,3)4;;;;;;;;/h2*3-10,23H,11-12H2,1-2H3;;;;;;;12*(H,3,4);8*1H2/q2*+1;6*+3;;;;;;;;;;;;;;;;;;;;/p-20. The number of hydrogen-bond donors (Lipinski definition) is 2. The molecule has 4 aromatic heterocycles. The van der Waals surface area contributed by atoms with E-state index in [0.717, 1.165) is 32.2 Å². The Kier molecular flexibility index (Phi) is 136. The van der Waals surface area contributed by atoms with Gasteiger partial charge in [-0.1, -0.05) is 94.1 Å². The van der Waals surface area contributed by atoms with Gasteiger partial charge in [0.05, 0.1) is 73.9 Å². The van der Waals surface area contributed by atoms with Crippen molar-refractivity contribution in [3.63, 3.8) is 0 Å². The van der Waals surface area contributed by atoms with E-state index in [2.05, 4.69) is 25.0 Å². The zero-order chi connectivity index (χ0) is 99.0. The summed E-state index contributed by atoms with van der Waals surface area (Å²) in [6.07, 6.45) is 14.9. The van der Waals surface area contributed by atoms with Crippen molar-refractivity contribution in [1.82, 2.24) is 0 Å². The third-order valence-electron chi connectivity index (χ3n) is 8.28. The largest absolute Gasteiger partial charge is 3.00 e. The van der Waals surface area contributed by atoms with Crippen LogP contribution in [0.25, 0.3) is 0 Å². The topological polar surface area (TPSA) is 824 Å². The van der Waals surface area contributed by atoms with Crippen LogP contribution >= 0.6 is 284 Å². The normalized spacial score (nSPS) is 12.8. The summed E-state index contributed by atoms with van der Waals surface area (Å²) in [4.78, 5) is 99.9. The van der Waals surface area contributed by atoms with Crippen molar-refractivity contribution in [1.29, 1.82) is 0 Å². The van der Waals surface area contributed by atoms with E-state index < -0.39 is 95.9 Å². The molecule has 0 unspecified atom stereocenters. The second kappa shape index (κ2) is 96.8. The van der Waals surface area contributed by atoms with Crippen LogP contribution < -0.4 is 77.6 Å². The first-order valence-corrected chi connectivity index (χ1v) is 59.1. The van der Waals surface area contributed by atoms with Gasteiger partial charge in [-0.2, -0.15) is 110 Å². The van der Waals surface area contributed by atoms with E-state index in [9.17, 15) is 122 Å². The van der Waals surface area contributed by atoms with Gasteiger partial charge in [0.15, 0.2) is 12.4 Å². The summed E-state index contributed by atoms with van der Waals surface area (Å²) >= 11 is 28.7. The fraction of sp³-hybridized carbons (Fsp3) is 0.200. The second-order valence-electron chi connectivity index (χ2n) is 17.3. The summed E-state index contributed by atoms with van der Waals surface area (Å²) in [7, 11) is -70.7. The third-order valence-corrected chi connectivity index (χ3v) is 31.0. The van der Waals surface area contributed by atoms with Crippen LogP contribution in [0.1, 0.15) is 22.8 Å². The number of nitrogens with zero attached hydrogens (tertiary/aromatic N) is 4. The molecule has 4 aliphatic heterocycles. The monoisotopic (exact) mass is 3480 g/mol. The molecule has 138 heavy (non-hydrogen) atoms. The molecular weight excluding hydrogens is 3430 g/mol. The van der Waals surface area contributed by atoms with E-state index in [4.69, 9.17) is 114 Å². The van der Waals surface area contributed by atoms with Crippen molar-refractivity contribution in [2.75, 3.05) is 25.0 Å². The fourth-order valence-corrected chi connectivity index (χ4v) is 27.3. The van der Waals surface area contributed by atoms with Crippen molar-refractivity contribution in [3.05, 3.63) is 182 Å². The smallest absolute Gasteiger partial charge is 0.870 e. The SMILES string of the molecule is CSC1=C(SC)SC(=C2SC(SCc3cccc[n+]3[O-])=C(SCc3cccc[n+]3O)S2)S1.CSC1=C(SC)SC(=C2SC(SCc3cccc[n+]3[O-])=C(SCc3cccc[n+]3O)S2)S1.O=P([O-])(F)F.O=P([O-])(F)F.O=P([O-])(F)F.O=P([O-])(F)F.O=P([O-])(F)F.O=P([O-])(F)F.O=P([O-])(F)F.O=P([O-])(F)F.O=P([O-])(F)F.O=P([O-])(F)F.O=P([O-])(F)F.O=P([O-])(F)F.[Dy+3].[Dy+3].[Dy+3].[Dy+3].[Dy+3].[Dy+3].[OH-].[OH-].[OH-].[OH-].[OH-].[OH-].[OH-].[OH-]. The average molecular weight is 3470 g/mol. The molecule has 0 aromatic carbocycles. The van der Waals surface area contributed by atoms with E-state index in [0.29, 0.717) is 23.0 Å². The minimum absolute atomic E-state index is 0. The molecule has 0 fully saturated rings. The summed E-state index contributed by atoms with van der Waals surface area (Å²) in [5, 5.41) is 44.3. The van der Waals surface area contributed by atoms with Crippen LogP contribution in [-0.2, 0) is 77.8 Å². The average Bonchev–Trinajstić information content (AvgIpc) is 1.66. The van der Waals surface area contributed by atoms with Gasteiger partial charge in [0.25, 0.3) is 0 Å². The van der Waals surface area contributed by atoms with Crippen LogP contribution in [0.5, 0.6) is 0 Å². The van der Waals surface area contributed by atoms with E-state index in [-0.39, 0.29) is 273 Å². The van der Waals surface area contributed by atoms with Crippen LogP contribution in [0.4, 0.5) is 101 Å². The van der Waals surface area contributed by atoms with E-state index >= 15 is 0 Å². The maximum absolute atomic E-state index is 12.1. The van der Waals surface area contributed by atoms with Gasteiger partial charge in [0.2, 0.25) is 35.2 Å². The van der Waals surface area contributed by atoms with Gasteiger partial charge in [0, 0.05) is 58.0 Å². The molecule has 0 spiro atoms. The molecule has 98 heteroatoms. The Balaban J connectivity index is -0.0000000670. The Morgan fingerprint density at radius 3 is 0.478 bits per heavy atom. The number of rotatable bonds is 16. The Morgan fingerprint density at radius 2 is 0.355 bits per heavy atom. The molecule has 4 aromatic rings. The fourth-order valence-electron chi connectivity index (χ4n) is 5.15. The van der Waals surface area contributed by atoms with Crippen LogP contribution in [0.3, 0.4) is 0 Å². The van der Waals surface area contributed by atoms with Gasteiger partial charge < -0.3 is 113 Å². The van der Waals surface area contributed by atoms with Crippen LogP contribution in [0.15, 0.2) is 148 Å². The summed E-state index contributed by atoms with van der Waals surface area (Å²) in [5.74, 6) is 2.58. The third kappa shape index (κ3) is 159. The molecule has 826 valence electrons. The molecule has 0 bridgehead atoms. The molecule has 40 nitrogen and oxygen atoms in total. The second-order valence-corrected chi connectivity index (χ2v) is 45.7. The van der Waals surface area contributed by atoms with E-state index in [1.54, 1.807) is 155 Å². The Bertz CT molecular complexity index is 4020. The molecule has 8 heterocycles. The first-order valence-electron chi connectivity index (χ1n) is 26.9. The zero-order valence-corrected chi connectivity index (χ0v) is 99.8. The number of aromatic nitrogens is 4. The number of pyridine rings is 4. The minimum Gasteiger partial charge on any atom is -0.870 e. The molecule has 0 saturated carbocycles. The quantitative estimate of drug-likeness (QED) is 0.0346. The predicted octanol–water partition coefficient (Wildman–Crippen LogP) is 17.5. The van der Waals surface area contributed by atoms with Crippen molar-refractivity contribution < 1.29 is 516 Å². The van der Waals surface area contributed by atoms with Crippen molar-refractivity contribution >= 4 is 284 Å². The Labute approximate surface area is 1010 Å².